The number of rotatable bonds is 7. The summed E-state index contributed by atoms with van der Waals surface area (Å²) >= 11 is 1.16. The van der Waals surface area contributed by atoms with Crippen molar-refractivity contribution >= 4 is 52.7 Å². The standard InChI is InChI=1S/C32H26N5O4S/c1-20-5-10-23(11-6-20)29-25(33-30(32-31(29)34-42-35-32)24-12-7-21(2)8-13-24)14-9-22-4-3-17-36(18-22)19-28(40)41-37-26(38)15-16-27(37)39/h3-14,17-18H,15-16,19H2,1-2H3/q+1/b14-9+. The highest BCUT2D eigenvalue weighted by Gasteiger charge is 2.33. The number of aromatic nitrogens is 4. The molecule has 0 spiro atoms. The SMILES string of the molecule is Cc1ccc(-c2nc(/C=C/c3ccc[n+](CC(=O)ON4C(=O)CCC4=O)c3)c(-c3ccc(C)cc3)c3nsnc23)cc1. The lowest BCUT2D eigenvalue weighted by Crippen LogP contribution is -2.41. The number of hydrogen-bond donors (Lipinski definition) is 0. The number of nitrogens with zero attached hydrogens (tertiary/aromatic N) is 5. The van der Waals surface area contributed by atoms with Crippen LogP contribution in [0.15, 0.2) is 73.1 Å². The summed E-state index contributed by atoms with van der Waals surface area (Å²) < 4.78 is 10.9. The Labute approximate surface area is 246 Å². The molecule has 0 aliphatic carbocycles. The van der Waals surface area contributed by atoms with E-state index >= 15 is 0 Å². The van der Waals surface area contributed by atoms with Gasteiger partial charge in [0.2, 0.25) is 6.54 Å². The number of amides is 2. The first kappa shape index (κ1) is 27.1. The number of aryl methyl sites for hydroxylation is 2. The van der Waals surface area contributed by atoms with Crippen LogP contribution in [-0.2, 0) is 25.8 Å². The average molecular weight is 577 g/mol. The molecule has 2 amide bonds. The van der Waals surface area contributed by atoms with Crippen LogP contribution >= 0.6 is 11.7 Å². The van der Waals surface area contributed by atoms with E-state index in [1.165, 1.54) is 0 Å². The Balaban J connectivity index is 1.36. The van der Waals surface area contributed by atoms with Crippen LogP contribution in [-0.4, -0.2) is 36.6 Å². The van der Waals surface area contributed by atoms with Gasteiger partial charge in [0.15, 0.2) is 12.4 Å². The van der Waals surface area contributed by atoms with Crippen molar-refractivity contribution in [1.29, 1.82) is 0 Å². The molecule has 0 saturated carbocycles. The molecule has 42 heavy (non-hydrogen) atoms. The summed E-state index contributed by atoms with van der Waals surface area (Å²) in [5, 5.41) is 0.556. The molecule has 1 saturated heterocycles. The number of imide groups is 1. The molecule has 0 unspecified atom stereocenters. The Morgan fingerprint density at radius 2 is 1.55 bits per heavy atom. The maximum Gasteiger partial charge on any atom is 0.398 e. The van der Waals surface area contributed by atoms with E-state index in [0.29, 0.717) is 5.06 Å². The van der Waals surface area contributed by atoms with Crippen LogP contribution in [0.2, 0.25) is 0 Å². The third-order valence-electron chi connectivity index (χ3n) is 6.93. The van der Waals surface area contributed by atoms with Gasteiger partial charge in [-0.1, -0.05) is 59.7 Å². The zero-order chi connectivity index (χ0) is 29.2. The van der Waals surface area contributed by atoms with Crippen LogP contribution in [0.4, 0.5) is 0 Å². The lowest BCUT2D eigenvalue weighted by Gasteiger charge is -2.11. The lowest BCUT2D eigenvalue weighted by atomic mass is 9.98. The largest absolute Gasteiger partial charge is 0.398 e. The summed E-state index contributed by atoms with van der Waals surface area (Å²) in [6.07, 6.45) is 7.44. The van der Waals surface area contributed by atoms with E-state index in [9.17, 15) is 14.4 Å². The zero-order valence-corrected chi connectivity index (χ0v) is 23.8. The first-order valence-electron chi connectivity index (χ1n) is 13.4. The summed E-state index contributed by atoms with van der Waals surface area (Å²) in [6, 6.07) is 20.1. The van der Waals surface area contributed by atoms with E-state index in [1.54, 1.807) is 23.0 Å². The highest BCUT2D eigenvalue weighted by molar-refractivity contribution is 7.00. The zero-order valence-electron chi connectivity index (χ0n) is 23.0. The van der Waals surface area contributed by atoms with Gasteiger partial charge < -0.3 is 4.84 Å². The maximum atomic E-state index is 12.4. The van der Waals surface area contributed by atoms with Gasteiger partial charge in [-0.2, -0.15) is 13.3 Å². The summed E-state index contributed by atoms with van der Waals surface area (Å²) in [4.78, 5) is 46.1. The molecule has 3 aromatic heterocycles. The molecule has 1 aliphatic heterocycles. The van der Waals surface area contributed by atoms with Crippen LogP contribution in [0.3, 0.4) is 0 Å². The van der Waals surface area contributed by atoms with Crippen LogP contribution in [0.25, 0.3) is 45.6 Å². The number of hydroxylamine groups is 2. The van der Waals surface area contributed by atoms with Gasteiger partial charge in [-0.15, -0.1) is 5.06 Å². The van der Waals surface area contributed by atoms with Crippen molar-refractivity contribution in [2.75, 3.05) is 0 Å². The number of carbonyl (C=O) groups is 3. The Morgan fingerprint density at radius 3 is 2.24 bits per heavy atom. The molecule has 1 aliphatic rings. The fraction of sp³-hybridized carbons (Fsp3) is 0.156. The van der Waals surface area contributed by atoms with E-state index in [0.717, 1.165) is 67.5 Å². The van der Waals surface area contributed by atoms with Gasteiger partial charge in [-0.25, -0.2) is 9.78 Å². The second kappa shape index (κ2) is 11.4. The van der Waals surface area contributed by atoms with Crippen molar-refractivity contribution in [3.63, 3.8) is 0 Å². The number of fused-ring (bicyclic) bond motifs is 1. The predicted octanol–water partition coefficient (Wildman–Crippen LogP) is 5.10. The topological polar surface area (TPSA) is 106 Å². The summed E-state index contributed by atoms with van der Waals surface area (Å²) in [5.74, 6) is -1.73. The monoisotopic (exact) mass is 576 g/mol. The van der Waals surface area contributed by atoms with Gasteiger partial charge in [-0.3, -0.25) is 9.59 Å². The molecule has 9 nitrogen and oxygen atoms in total. The first-order chi connectivity index (χ1) is 20.4. The van der Waals surface area contributed by atoms with Crippen molar-refractivity contribution in [3.8, 4) is 22.4 Å². The molecule has 0 N–H and O–H groups in total. The van der Waals surface area contributed by atoms with Crippen LogP contribution < -0.4 is 4.57 Å². The molecule has 2 aromatic carbocycles. The van der Waals surface area contributed by atoms with Gasteiger partial charge >= 0.3 is 5.97 Å². The second-order valence-electron chi connectivity index (χ2n) is 10.1. The van der Waals surface area contributed by atoms with Gasteiger partial charge in [0.1, 0.15) is 11.0 Å². The minimum atomic E-state index is -0.711. The Hall–Kier alpha value is -5.09. The van der Waals surface area contributed by atoms with Crippen molar-refractivity contribution in [3.05, 3.63) is 95.4 Å². The number of hydrogen-bond acceptors (Lipinski definition) is 8. The van der Waals surface area contributed by atoms with Gasteiger partial charge in [0.05, 0.1) is 23.1 Å². The predicted molar refractivity (Wildman–Crippen MR) is 158 cm³/mol. The lowest BCUT2D eigenvalue weighted by molar-refractivity contribution is -0.686. The van der Waals surface area contributed by atoms with E-state index in [-0.39, 0.29) is 19.4 Å². The van der Waals surface area contributed by atoms with Crippen LogP contribution in [0.1, 0.15) is 35.2 Å². The molecule has 10 heteroatoms. The summed E-state index contributed by atoms with van der Waals surface area (Å²) in [7, 11) is 0. The quantitative estimate of drug-likeness (QED) is 0.196. The summed E-state index contributed by atoms with van der Waals surface area (Å²) in [5.41, 5.74) is 8.96. The smallest absolute Gasteiger partial charge is 0.324 e. The number of pyridine rings is 2. The second-order valence-corrected chi connectivity index (χ2v) is 10.6. The maximum absolute atomic E-state index is 12.4. The molecule has 5 aromatic rings. The molecule has 208 valence electrons. The van der Waals surface area contributed by atoms with E-state index in [1.807, 2.05) is 44.2 Å². The normalized spacial score (nSPS) is 13.4. The first-order valence-corrected chi connectivity index (χ1v) is 14.1. The van der Waals surface area contributed by atoms with E-state index in [2.05, 4.69) is 45.1 Å². The Kier molecular flexibility index (Phi) is 7.37. The fourth-order valence-corrected chi connectivity index (χ4v) is 5.30. The van der Waals surface area contributed by atoms with Crippen molar-refractivity contribution in [2.45, 2.75) is 33.2 Å². The Morgan fingerprint density at radius 1 is 0.905 bits per heavy atom. The molecular formula is C32H26N5O4S+. The molecule has 4 heterocycles. The van der Waals surface area contributed by atoms with E-state index in [4.69, 9.17) is 9.82 Å². The highest BCUT2D eigenvalue weighted by Crippen LogP contribution is 2.36. The van der Waals surface area contributed by atoms with Gasteiger partial charge in [0, 0.05) is 35.6 Å². The summed E-state index contributed by atoms with van der Waals surface area (Å²) in [6.45, 7) is 3.92. The third-order valence-corrected chi connectivity index (χ3v) is 7.46. The molecule has 0 atom stereocenters. The van der Waals surface area contributed by atoms with Crippen molar-refractivity contribution in [1.82, 2.24) is 18.8 Å². The van der Waals surface area contributed by atoms with Crippen molar-refractivity contribution < 1.29 is 23.8 Å². The molecule has 1 fully saturated rings. The van der Waals surface area contributed by atoms with Gasteiger partial charge in [0.25, 0.3) is 11.8 Å². The third kappa shape index (κ3) is 5.57. The van der Waals surface area contributed by atoms with E-state index < -0.39 is 17.8 Å². The minimum Gasteiger partial charge on any atom is -0.324 e. The fourth-order valence-electron chi connectivity index (χ4n) is 4.75. The highest BCUT2D eigenvalue weighted by atomic mass is 32.1. The molecule has 0 radical (unpaired) electrons. The minimum absolute atomic E-state index is 0.0481. The number of carbonyl (C=O) groups excluding carboxylic acids is 3. The average Bonchev–Trinajstić information content (AvgIpc) is 3.59. The van der Waals surface area contributed by atoms with Crippen molar-refractivity contribution in [2.24, 2.45) is 0 Å². The molecular weight excluding hydrogens is 550 g/mol. The molecule has 0 bridgehead atoms. The van der Waals surface area contributed by atoms with Gasteiger partial charge in [-0.05, 0) is 37.6 Å². The van der Waals surface area contributed by atoms with Crippen LogP contribution in [0.5, 0.6) is 0 Å². The molecule has 6 rings (SSSR count). The van der Waals surface area contributed by atoms with Crippen LogP contribution in [0, 0.1) is 13.8 Å². The Bertz CT molecular complexity index is 1850. The number of benzene rings is 2.